The Morgan fingerprint density at radius 2 is 1.90 bits per heavy atom. The maximum absolute atomic E-state index is 11.3. The van der Waals surface area contributed by atoms with E-state index in [0.29, 0.717) is 5.69 Å². The second-order valence-corrected chi connectivity index (χ2v) is 4.66. The lowest BCUT2D eigenvalue weighted by Crippen LogP contribution is -2.18. The summed E-state index contributed by atoms with van der Waals surface area (Å²) in [4.78, 5) is 15.4. The zero-order chi connectivity index (χ0) is 14.8. The Labute approximate surface area is 120 Å². The van der Waals surface area contributed by atoms with Crippen molar-refractivity contribution >= 4 is 0 Å². The van der Waals surface area contributed by atoms with Crippen LogP contribution >= 0.6 is 0 Å². The second kappa shape index (κ2) is 5.34. The van der Waals surface area contributed by atoms with Crippen LogP contribution in [0.5, 0.6) is 0 Å². The Bertz CT molecular complexity index is 818. The number of imidazole rings is 1. The predicted octanol–water partition coefficient (Wildman–Crippen LogP) is 1.13. The van der Waals surface area contributed by atoms with Crippen LogP contribution in [0.2, 0.25) is 0 Å². The monoisotopic (exact) mass is 282 g/mol. The van der Waals surface area contributed by atoms with Crippen molar-refractivity contribution in [3.63, 3.8) is 0 Å². The van der Waals surface area contributed by atoms with E-state index in [4.69, 9.17) is 5.11 Å². The molecule has 0 unspecified atom stereocenters. The summed E-state index contributed by atoms with van der Waals surface area (Å²) in [5.41, 5.74) is 3.10. The minimum atomic E-state index is -0.134. The molecule has 21 heavy (non-hydrogen) atoms. The fourth-order valence-electron chi connectivity index (χ4n) is 2.05. The molecule has 0 spiro atoms. The molecule has 3 rings (SSSR count). The van der Waals surface area contributed by atoms with Crippen molar-refractivity contribution in [1.82, 2.24) is 19.3 Å². The summed E-state index contributed by atoms with van der Waals surface area (Å²) >= 11 is 0. The molecular formula is C15H14N4O2. The van der Waals surface area contributed by atoms with E-state index in [9.17, 15) is 4.79 Å². The van der Waals surface area contributed by atoms with Crippen LogP contribution in [-0.4, -0.2) is 24.4 Å². The number of nitrogens with zero attached hydrogens (tertiary/aromatic N) is 4. The minimum Gasteiger partial charge on any atom is -0.390 e. The highest BCUT2D eigenvalue weighted by Crippen LogP contribution is 2.18. The first-order chi connectivity index (χ1) is 10.2. The second-order valence-electron chi connectivity index (χ2n) is 4.66. The Hall–Kier alpha value is -2.73. The van der Waals surface area contributed by atoms with E-state index >= 15 is 0 Å². The van der Waals surface area contributed by atoms with Gasteiger partial charge < -0.3 is 9.67 Å². The van der Waals surface area contributed by atoms with Crippen LogP contribution < -0.4 is 5.56 Å². The lowest BCUT2D eigenvalue weighted by Gasteiger charge is -2.05. The van der Waals surface area contributed by atoms with E-state index in [1.165, 1.54) is 10.7 Å². The minimum absolute atomic E-state index is 0.0763. The van der Waals surface area contributed by atoms with Crippen LogP contribution in [0.3, 0.4) is 0 Å². The van der Waals surface area contributed by atoms with Crippen molar-refractivity contribution in [3.8, 4) is 16.9 Å². The normalized spacial score (nSPS) is 10.8. The Morgan fingerprint density at radius 1 is 1.14 bits per heavy atom. The van der Waals surface area contributed by atoms with Gasteiger partial charge in [-0.1, -0.05) is 12.1 Å². The largest absolute Gasteiger partial charge is 0.390 e. The van der Waals surface area contributed by atoms with Crippen LogP contribution in [0.4, 0.5) is 0 Å². The fourth-order valence-corrected chi connectivity index (χ4v) is 2.05. The summed E-state index contributed by atoms with van der Waals surface area (Å²) in [5, 5.41) is 13.2. The average Bonchev–Trinajstić information content (AvgIpc) is 2.99. The summed E-state index contributed by atoms with van der Waals surface area (Å²) < 4.78 is 3.15. The smallest absolute Gasteiger partial charge is 0.266 e. The first-order valence-electron chi connectivity index (χ1n) is 6.46. The lowest BCUT2D eigenvalue weighted by atomic mass is 10.1. The Kier molecular flexibility index (Phi) is 3.37. The zero-order valence-electron chi connectivity index (χ0n) is 11.5. The quantitative estimate of drug-likeness (QED) is 0.781. The third-order valence-corrected chi connectivity index (χ3v) is 3.22. The lowest BCUT2D eigenvalue weighted by molar-refractivity contribution is 0.277. The number of aryl methyl sites for hydroxylation is 1. The third-order valence-electron chi connectivity index (χ3n) is 3.22. The number of aromatic nitrogens is 4. The molecule has 6 nitrogen and oxygen atoms in total. The van der Waals surface area contributed by atoms with Gasteiger partial charge in [-0.2, -0.15) is 5.10 Å². The van der Waals surface area contributed by atoms with Gasteiger partial charge >= 0.3 is 0 Å². The van der Waals surface area contributed by atoms with E-state index in [1.807, 2.05) is 28.8 Å². The van der Waals surface area contributed by atoms with E-state index < -0.39 is 0 Å². The van der Waals surface area contributed by atoms with E-state index in [-0.39, 0.29) is 12.2 Å². The first kappa shape index (κ1) is 13.3. The Balaban J connectivity index is 1.93. The van der Waals surface area contributed by atoms with Crippen molar-refractivity contribution < 1.29 is 5.11 Å². The molecule has 1 aromatic carbocycles. The van der Waals surface area contributed by atoms with Crippen molar-refractivity contribution in [2.24, 2.45) is 7.05 Å². The van der Waals surface area contributed by atoms with Gasteiger partial charge in [0.1, 0.15) is 0 Å². The summed E-state index contributed by atoms with van der Waals surface area (Å²) in [7, 11) is 1.63. The van der Waals surface area contributed by atoms with Gasteiger partial charge in [0.05, 0.1) is 24.3 Å². The van der Waals surface area contributed by atoms with Crippen LogP contribution in [0.1, 0.15) is 5.69 Å². The van der Waals surface area contributed by atoms with Crippen LogP contribution in [-0.2, 0) is 13.7 Å². The van der Waals surface area contributed by atoms with Crippen LogP contribution in [0.25, 0.3) is 16.9 Å². The van der Waals surface area contributed by atoms with Crippen LogP contribution in [0.15, 0.2) is 53.7 Å². The molecule has 3 aromatic rings. The molecule has 0 amide bonds. The van der Waals surface area contributed by atoms with Crippen molar-refractivity contribution in [1.29, 1.82) is 0 Å². The molecule has 1 N–H and O–H groups in total. The standard InChI is InChI=1S/C15H14N4O2/c1-18-15(21)7-6-14(17-18)11-2-4-13(5-3-11)19-8-12(9-20)16-10-19/h2-8,10,20H,9H2,1H3. The van der Waals surface area contributed by atoms with Gasteiger partial charge in [0.25, 0.3) is 5.56 Å². The number of hydrogen-bond acceptors (Lipinski definition) is 4. The van der Waals surface area contributed by atoms with Gasteiger partial charge in [0.2, 0.25) is 0 Å². The fraction of sp³-hybridized carbons (Fsp3) is 0.133. The zero-order valence-corrected chi connectivity index (χ0v) is 11.5. The molecule has 0 aliphatic rings. The van der Waals surface area contributed by atoms with Gasteiger partial charge in [0.15, 0.2) is 0 Å². The van der Waals surface area contributed by atoms with Crippen molar-refractivity contribution in [2.75, 3.05) is 0 Å². The molecule has 0 aliphatic heterocycles. The number of benzene rings is 1. The third kappa shape index (κ3) is 2.61. The van der Waals surface area contributed by atoms with Gasteiger partial charge in [-0.15, -0.1) is 0 Å². The predicted molar refractivity (Wildman–Crippen MR) is 78.0 cm³/mol. The molecule has 2 heterocycles. The first-order valence-corrected chi connectivity index (χ1v) is 6.46. The highest BCUT2D eigenvalue weighted by Gasteiger charge is 2.03. The summed E-state index contributed by atoms with van der Waals surface area (Å²) in [6.07, 6.45) is 3.44. The SMILES string of the molecule is Cn1nc(-c2ccc(-n3cnc(CO)c3)cc2)ccc1=O. The van der Waals surface area contributed by atoms with Crippen LogP contribution in [0, 0.1) is 0 Å². The molecule has 0 saturated heterocycles. The maximum Gasteiger partial charge on any atom is 0.266 e. The topological polar surface area (TPSA) is 72.9 Å². The molecule has 6 heteroatoms. The van der Waals surface area contributed by atoms with Gasteiger partial charge in [0, 0.05) is 30.6 Å². The van der Waals surface area contributed by atoms with Gasteiger partial charge in [-0.25, -0.2) is 9.67 Å². The van der Waals surface area contributed by atoms with Gasteiger partial charge in [-0.05, 0) is 18.2 Å². The highest BCUT2D eigenvalue weighted by atomic mass is 16.3. The van der Waals surface area contributed by atoms with E-state index in [1.54, 1.807) is 25.6 Å². The molecule has 0 atom stereocenters. The summed E-state index contributed by atoms with van der Waals surface area (Å²) in [5.74, 6) is 0. The molecule has 0 radical (unpaired) electrons. The highest BCUT2D eigenvalue weighted by molar-refractivity contribution is 5.60. The van der Waals surface area contributed by atoms with Crippen molar-refractivity contribution in [2.45, 2.75) is 6.61 Å². The number of rotatable bonds is 3. The molecule has 0 bridgehead atoms. The van der Waals surface area contributed by atoms with E-state index in [0.717, 1.165) is 16.9 Å². The molecule has 0 aliphatic carbocycles. The van der Waals surface area contributed by atoms with Crippen molar-refractivity contribution in [3.05, 3.63) is 65.0 Å². The number of hydrogen-bond donors (Lipinski definition) is 1. The molecule has 0 saturated carbocycles. The molecule has 106 valence electrons. The molecule has 0 fully saturated rings. The molecule has 2 aromatic heterocycles. The molecular weight excluding hydrogens is 268 g/mol. The maximum atomic E-state index is 11.3. The number of aliphatic hydroxyl groups excluding tert-OH is 1. The summed E-state index contributed by atoms with van der Waals surface area (Å²) in [6, 6.07) is 10.9. The van der Waals surface area contributed by atoms with Gasteiger partial charge in [-0.3, -0.25) is 4.79 Å². The Morgan fingerprint density at radius 3 is 2.52 bits per heavy atom. The number of aliphatic hydroxyl groups is 1. The summed E-state index contributed by atoms with van der Waals surface area (Å²) in [6.45, 7) is -0.0763. The van der Waals surface area contributed by atoms with E-state index in [2.05, 4.69) is 10.1 Å². The average molecular weight is 282 g/mol.